The molecule has 2 N–H and O–H groups in total. The highest BCUT2D eigenvalue weighted by Gasteiger charge is 2.24. The van der Waals surface area contributed by atoms with Gasteiger partial charge in [0.1, 0.15) is 5.82 Å². The maximum absolute atomic E-state index is 14.3. The number of carbonyl (C=O) groups excluding carboxylic acids is 2. The average molecular weight is 369 g/mol. The first kappa shape index (κ1) is 19.0. The summed E-state index contributed by atoms with van der Waals surface area (Å²) in [7, 11) is 0. The monoisotopic (exact) mass is 369 g/mol. The molecule has 1 aliphatic heterocycles. The number of halogens is 1. The summed E-state index contributed by atoms with van der Waals surface area (Å²) in [6, 6.07) is 13.8. The van der Waals surface area contributed by atoms with E-state index in [1.54, 1.807) is 17.0 Å². The molecule has 1 heterocycles. The highest BCUT2D eigenvalue weighted by atomic mass is 19.1. The molecule has 1 atom stereocenters. The van der Waals surface area contributed by atoms with Crippen molar-refractivity contribution >= 4 is 17.4 Å². The van der Waals surface area contributed by atoms with Gasteiger partial charge in [-0.2, -0.15) is 0 Å². The summed E-state index contributed by atoms with van der Waals surface area (Å²) in [4.78, 5) is 27.6. The largest absolute Gasteiger partial charge is 0.366 e. The third-order valence-corrected chi connectivity index (χ3v) is 4.95. The minimum absolute atomic E-state index is 0.0124. The van der Waals surface area contributed by atoms with Gasteiger partial charge >= 0.3 is 0 Å². The zero-order valence-corrected chi connectivity index (χ0v) is 15.4. The van der Waals surface area contributed by atoms with E-state index in [9.17, 15) is 14.0 Å². The van der Waals surface area contributed by atoms with Gasteiger partial charge in [-0.3, -0.25) is 9.59 Å². The van der Waals surface area contributed by atoms with E-state index in [-0.39, 0.29) is 24.2 Å². The highest BCUT2D eigenvalue weighted by molar-refractivity contribution is 5.94. The molecule has 1 saturated heterocycles. The molecule has 0 aromatic heterocycles. The third-order valence-electron chi connectivity index (χ3n) is 4.95. The normalized spacial score (nSPS) is 15.5. The van der Waals surface area contributed by atoms with Gasteiger partial charge in [0, 0.05) is 44.2 Å². The van der Waals surface area contributed by atoms with Gasteiger partial charge in [-0.25, -0.2) is 4.39 Å². The molecule has 0 saturated carbocycles. The molecule has 0 radical (unpaired) electrons. The van der Waals surface area contributed by atoms with Crippen LogP contribution in [0.5, 0.6) is 0 Å². The zero-order valence-electron chi connectivity index (χ0n) is 15.4. The first-order chi connectivity index (χ1) is 13.0. The van der Waals surface area contributed by atoms with Crippen LogP contribution in [-0.4, -0.2) is 42.8 Å². The fourth-order valence-corrected chi connectivity index (χ4v) is 3.31. The summed E-state index contributed by atoms with van der Waals surface area (Å²) in [6.45, 7) is 3.55. The molecule has 142 valence electrons. The zero-order chi connectivity index (χ0) is 19.4. The van der Waals surface area contributed by atoms with E-state index in [1.165, 1.54) is 13.0 Å². The number of piperazine rings is 1. The standard InChI is InChI=1S/C21H24FN3O2/c1-15(26)17-7-8-20(18(22)13-17)24-9-11-25(12-10-24)21(27)14-19(23)16-5-3-2-4-6-16/h2-8,13,19H,9-12,14,23H2,1H3. The number of rotatable bonds is 5. The fourth-order valence-electron chi connectivity index (χ4n) is 3.31. The summed E-state index contributed by atoms with van der Waals surface area (Å²) in [5, 5.41) is 0. The summed E-state index contributed by atoms with van der Waals surface area (Å²) < 4.78 is 14.3. The number of carbonyl (C=O) groups is 2. The van der Waals surface area contributed by atoms with Crippen molar-refractivity contribution in [2.24, 2.45) is 5.73 Å². The van der Waals surface area contributed by atoms with Gasteiger partial charge in [-0.05, 0) is 30.7 Å². The second kappa shape index (κ2) is 8.31. The number of nitrogens with two attached hydrogens (primary N) is 1. The second-order valence-corrected chi connectivity index (χ2v) is 6.81. The first-order valence-electron chi connectivity index (χ1n) is 9.09. The average Bonchev–Trinajstić information content (AvgIpc) is 2.68. The van der Waals surface area contributed by atoms with Crippen molar-refractivity contribution in [1.29, 1.82) is 0 Å². The van der Waals surface area contributed by atoms with Crippen molar-refractivity contribution < 1.29 is 14.0 Å². The van der Waals surface area contributed by atoms with E-state index in [0.29, 0.717) is 37.4 Å². The molecule has 2 aromatic rings. The van der Waals surface area contributed by atoms with Crippen LogP contribution in [0.25, 0.3) is 0 Å². The van der Waals surface area contributed by atoms with Gasteiger partial charge in [0.25, 0.3) is 0 Å². The predicted molar refractivity (Wildman–Crippen MR) is 103 cm³/mol. The molecule has 1 amide bonds. The van der Waals surface area contributed by atoms with Crippen LogP contribution in [0.1, 0.15) is 35.3 Å². The Morgan fingerprint density at radius 3 is 2.33 bits per heavy atom. The Kier molecular flexibility index (Phi) is 5.86. The summed E-state index contributed by atoms with van der Waals surface area (Å²) in [5.41, 5.74) is 7.91. The van der Waals surface area contributed by atoms with Crippen LogP contribution in [0, 0.1) is 5.82 Å². The molecule has 3 rings (SSSR count). The van der Waals surface area contributed by atoms with Gasteiger partial charge in [0.05, 0.1) is 5.69 Å². The quantitative estimate of drug-likeness (QED) is 0.823. The molecule has 0 bridgehead atoms. The van der Waals surface area contributed by atoms with E-state index in [4.69, 9.17) is 5.73 Å². The lowest BCUT2D eigenvalue weighted by molar-refractivity contribution is -0.131. The van der Waals surface area contributed by atoms with Crippen LogP contribution in [0.15, 0.2) is 48.5 Å². The molecule has 2 aromatic carbocycles. The van der Waals surface area contributed by atoms with E-state index in [2.05, 4.69) is 0 Å². The molecule has 6 heteroatoms. The lowest BCUT2D eigenvalue weighted by Gasteiger charge is -2.36. The van der Waals surface area contributed by atoms with E-state index >= 15 is 0 Å². The van der Waals surface area contributed by atoms with Crippen LogP contribution < -0.4 is 10.6 Å². The maximum Gasteiger partial charge on any atom is 0.224 e. The van der Waals surface area contributed by atoms with Crippen molar-refractivity contribution in [1.82, 2.24) is 4.90 Å². The number of hydrogen-bond acceptors (Lipinski definition) is 4. The minimum Gasteiger partial charge on any atom is -0.366 e. The Morgan fingerprint density at radius 2 is 1.74 bits per heavy atom. The van der Waals surface area contributed by atoms with Crippen molar-refractivity contribution in [3.8, 4) is 0 Å². The predicted octanol–water partition coefficient (Wildman–Crippen LogP) is 2.77. The molecular weight excluding hydrogens is 345 g/mol. The Balaban J connectivity index is 1.57. The fraction of sp³-hybridized carbons (Fsp3) is 0.333. The van der Waals surface area contributed by atoms with Crippen LogP contribution >= 0.6 is 0 Å². The first-order valence-corrected chi connectivity index (χ1v) is 9.09. The molecule has 0 aliphatic carbocycles. The topological polar surface area (TPSA) is 66.6 Å². The maximum atomic E-state index is 14.3. The van der Waals surface area contributed by atoms with Crippen molar-refractivity contribution in [2.75, 3.05) is 31.1 Å². The number of hydrogen-bond donors (Lipinski definition) is 1. The Hall–Kier alpha value is -2.73. The molecular formula is C21H24FN3O2. The lowest BCUT2D eigenvalue weighted by atomic mass is 10.0. The van der Waals surface area contributed by atoms with Gasteiger partial charge < -0.3 is 15.5 Å². The van der Waals surface area contributed by atoms with Crippen molar-refractivity contribution in [2.45, 2.75) is 19.4 Å². The molecule has 0 spiro atoms. The number of Topliss-reactive ketones (excluding diaryl/α,β-unsaturated/α-hetero) is 1. The van der Waals surface area contributed by atoms with Crippen molar-refractivity contribution in [3.63, 3.8) is 0 Å². The Morgan fingerprint density at radius 1 is 1.07 bits per heavy atom. The molecule has 1 fully saturated rings. The number of benzene rings is 2. The molecule has 1 unspecified atom stereocenters. The smallest absolute Gasteiger partial charge is 0.224 e. The SMILES string of the molecule is CC(=O)c1ccc(N2CCN(C(=O)CC(N)c3ccccc3)CC2)c(F)c1. The highest BCUT2D eigenvalue weighted by Crippen LogP contribution is 2.23. The minimum atomic E-state index is -0.409. The number of anilines is 1. The van der Waals surface area contributed by atoms with Gasteiger partial charge in [0.15, 0.2) is 5.78 Å². The number of ketones is 1. The summed E-state index contributed by atoms with van der Waals surface area (Å²) in [5.74, 6) is -0.558. The van der Waals surface area contributed by atoms with Crippen molar-refractivity contribution in [3.05, 3.63) is 65.5 Å². The second-order valence-electron chi connectivity index (χ2n) is 6.81. The van der Waals surface area contributed by atoms with Crippen LogP contribution in [0.2, 0.25) is 0 Å². The summed E-state index contributed by atoms with van der Waals surface area (Å²) >= 11 is 0. The van der Waals surface area contributed by atoms with E-state index < -0.39 is 5.82 Å². The van der Waals surface area contributed by atoms with Gasteiger partial charge in [0.2, 0.25) is 5.91 Å². The number of nitrogens with zero attached hydrogens (tertiary/aromatic N) is 2. The Bertz CT molecular complexity index is 817. The molecule has 27 heavy (non-hydrogen) atoms. The van der Waals surface area contributed by atoms with Gasteiger partial charge in [-0.15, -0.1) is 0 Å². The molecule has 5 nitrogen and oxygen atoms in total. The summed E-state index contributed by atoms with van der Waals surface area (Å²) in [6.07, 6.45) is 0.256. The van der Waals surface area contributed by atoms with Gasteiger partial charge in [-0.1, -0.05) is 30.3 Å². The molecule has 1 aliphatic rings. The Labute approximate surface area is 158 Å². The van der Waals surface area contributed by atoms with E-state index in [0.717, 1.165) is 5.56 Å². The number of amides is 1. The van der Waals surface area contributed by atoms with Crippen LogP contribution in [-0.2, 0) is 4.79 Å². The lowest BCUT2D eigenvalue weighted by Crippen LogP contribution is -2.49. The third kappa shape index (κ3) is 4.52. The van der Waals surface area contributed by atoms with Crippen LogP contribution in [0.4, 0.5) is 10.1 Å². The van der Waals surface area contributed by atoms with Crippen LogP contribution in [0.3, 0.4) is 0 Å². The van der Waals surface area contributed by atoms with E-state index in [1.807, 2.05) is 35.2 Å².